The highest BCUT2D eigenvalue weighted by molar-refractivity contribution is 6.05. The van der Waals surface area contributed by atoms with Crippen molar-refractivity contribution in [2.24, 2.45) is 7.05 Å². The van der Waals surface area contributed by atoms with Crippen molar-refractivity contribution in [2.45, 2.75) is 44.6 Å². The molecule has 56 heavy (non-hydrogen) atoms. The maximum absolute atomic E-state index is 13.0. The fourth-order valence-corrected chi connectivity index (χ4v) is 7.35. The van der Waals surface area contributed by atoms with Gasteiger partial charge in [-0.15, -0.1) is 0 Å². The summed E-state index contributed by atoms with van der Waals surface area (Å²) in [6.07, 6.45) is 5.98. The number of carbonyl (C=O) groups is 3. The predicted octanol–water partition coefficient (Wildman–Crippen LogP) is 5.41. The molecule has 3 N–H and O–H groups in total. The SMILES string of the molecule is Cc1cc2c(-c3cccc4cc(-c5ccc(C(=O)NCC#Cc6cccc(NC7CCC(=O)NC7=O)c6)nc5)ncc34)cc(C3CCOCC3)nc2n(C)c1=O. The Morgan fingerprint density at radius 3 is 2.57 bits per heavy atom. The molecule has 0 bridgehead atoms. The highest BCUT2D eigenvalue weighted by Gasteiger charge is 2.26. The molecule has 2 aliphatic heterocycles. The van der Waals surface area contributed by atoms with Crippen LogP contribution in [0.4, 0.5) is 5.69 Å². The third-order valence-corrected chi connectivity index (χ3v) is 10.4. The van der Waals surface area contributed by atoms with E-state index < -0.39 is 6.04 Å². The van der Waals surface area contributed by atoms with Crippen molar-refractivity contribution in [3.63, 3.8) is 0 Å². The van der Waals surface area contributed by atoms with Crippen LogP contribution in [0.25, 0.3) is 44.2 Å². The lowest BCUT2D eigenvalue weighted by atomic mass is 9.91. The molecule has 6 heterocycles. The van der Waals surface area contributed by atoms with Crippen LogP contribution in [0.2, 0.25) is 0 Å². The summed E-state index contributed by atoms with van der Waals surface area (Å²) in [5, 5.41) is 11.2. The topological polar surface area (TPSA) is 157 Å². The Morgan fingerprint density at radius 1 is 0.929 bits per heavy atom. The molecular formula is C44H39N7O5. The van der Waals surface area contributed by atoms with Crippen LogP contribution in [0.3, 0.4) is 0 Å². The second-order valence-electron chi connectivity index (χ2n) is 14.2. The predicted molar refractivity (Wildman–Crippen MR) is 214 cm³/mol. The average molecular weight is 746 g/mol. The maximum atomic E-state index is 13.0. The summed E-state index contributed by atoms with van der Waals surface area (Å²) >= 11 is 0. The molecule has 0 radical (unpaired) electrons. The molecular weight excluding hydrogens is 707 g/mol. The Labute approximate surface area is 322 Å². The van der Waals surface area contributed by atoms with Crippen LogP contribution in [-0.2, 0) is 21.4 Å². The van der Waals surface area contributed by atoms with Crippen LogP contribution in [0.1, 0.15) is 58.9 Å². The zero-order valence-corrected chi connectivity index (χ0v) is 31.0. The summed E-state index contributed by atoms with van der Waals surface area (Å²) in [7, 11) is 1.78. The minimum absolute atomic E-state index is 0.0591. The van der Waals surface area contributed by atoms with Gasteiger partial charge in [-0.1, -0.05) is 36.1 Å². The number of fused-ring (bicyclic) bond motifs is 2. The molecule has 12 nitrogen and oxygen atoms in total. The lowest BCUT2D eigenvalue weighted by Crippen LogP contribution is -2.47. The second-order valence-corrected chi connectivity index (χ2v) is 14.2. The number of rotatable bonds is 7. The molecule has 4 aromatic heterocycles. The molecule has 6 aromatic rings. The van der Waals surface area contributed by atoms with E-state index in [1.165, 1.54) is 0 Å². The quantitative estimate of drug-likeness (QED) is 0.144. The van der Waals surface area contributed by atoms with Crippen LogP contribution in [0.5, 0.6) is 0 Å². The fraction of sp³-hybridized carbons (Fsp3) is 0.250. The number of nitrogens with zero attached hydrogens (tertiary/aromatic N) is 4. The summed E-state index contributed by atoms with van der Waals surface area (Å²) in [5.41, 5.74) is 7.40. The van der Waals surface area contributed by atoms with Crippen LogP contribution in [-0.4, -0.2) is 63.0 Å². The number of pyridine rings is 4. The second kappa shape index (κ2) is 15.6. The van der Waals surface area contributed by atoms with Gasteiger partial charge in [0.05, 0.1) is 12.2 Å². The van der Waals surface area contributed by atoms with Gasteiger partial charge in [0, 0.05) is 83.8 Å². The number of hydrogen-bond acceptors (Lipinski definition) is 9. The average Bonchev–Trinajstić information content (AvgIpc) is 3.22. The molecule has 3 amide bonds. The molecule has 8 rings (SSSR count). The van der Waals surface area contributed by atoms with E-state index in [4.69, 9.17) is 14.7 Å². The smallest absolute Gasteiger partial charge is 0.270 e. The number of amides is 3. The van der Waals surface area contributed by atoms with E-state index in [2.05, 4.69) is 51.0 Å². The molecule has 1 unspecified atom stereocenters. The molecule has 280 valence electrons. The van der Waals surface area contributed by atoms with Crippen molar-refractivity contribution in [3.05, 3.63) is 118 Å². The van der Waals surface area contributed by atoms with Gasteiger partial charge in [-0.05, 0) is 91.2 Å². The van der Waals surface area contributed by atoms with E-state index in [0.29, 0.717) is 42.1 Å². The summed E-state index contributed by atoms with van der Waals surface area (Å²) in [4.78, 5) is 63.7. The van der Waals surface area contributed by atoms with Gasteiger partial charge in [-0.25, -0.2) is 4.98 Å². The van der Waals surface area contributed by atoms with E-state index >= 15 is 0 Å². The standard InChI is InChI=1S/C44H39N7O5/c1-26-20-34-33(23-39(28-15-18-56-19-16-28)49-41(34)51(2)44(26)55)32-10-4-8-29-22-38(47-25-35(29)32)30-11-12-36(46-24-30)42(53)45-17-5-7-27-6-3-9-31(21-27)48-37-13-14-40(52)50-43(37)54/h3-4,6,8-12,20-25,28,37,48H,13-19H2,1-2H3,(H,45,53)(H,50,52,54). The molecule has 2 saturated heterocycles. The van der Waals surface area contributed by atoms with Crippen LogP contribution in [0, 0.1) is 18.8 Å². The number of anilines is 1. The molecule has 0 saturated carbocycles. The van der Waals surface area contributed by atoms with Crippen molar-refractivity contribution in [1.82, 2.24) is 30.2 Å². The maximum Gasteiger partial charge on any atom is 0.270 e. The zero-order chi connectivity index (χ0) is 38.8. The van der Waals surface area contributed by atoms with Gasteiger partial charge >= 0.3 is 0 Å². The van der Waals surface area contributed by atoms with Crippen molar-refractivity contribution in [3.8, 4) is 34.2 Å². The van der Waals surface area contributed by atoms with Crippen LogP contribution < -0.4 is 21.5 Å². The number of piperidine rings is 1. The third-order valence-electron chi connectivity index (χ3n) is 10.4. The first-order valence-electron chi connectivity index (χ1n) is 18.6. The molecule has 0 aliphatic carbocycles. The Morgan fingerprint density at radius 2 is 1.77 bits per heavy atom. The monoisotopic (exact) mass is 745 g/mol. The number of benzene rings is 2. The summed E-state index contributed by atoms with van der Waals surface area (Å²) in [6.45, 7) is 3.32. The molecule has 2 fully saturated rings. The number of aryl methyl sites for hydroxylation is 2. The van der Waals surface area contributed by atoms with Crippen molar-refractivity contribution in [2.75, 3.05) is 25.1 Å². The van der Waals surface area contributed by atoms with Gasteiger partial charge in [-0.3, -0.25) is 39.0 Å². The lowest BCUT2D eigenvalue weighted by molar-refractivity contribution is -0.133. The Kier molecular flexibility index (Phi) is 10.1. The molecule has 2 aliphatic rings. The summed E-state index contributed by atoms with van der Waals surface area (Å²) < 4.78 is 7.28. The van der Waals surface area contributed by atoms with Crippen molar-refractivity contribution >= 4 is 45.2 Å². The van der Waals surface area contributed by atoms with Crippen molar-refractivity contribution in [1.29, 1.82) is 0 Å². The first-order valence-corrected chi connectivity index (χ1v) is 18.6. The van der Waals surface area contributed by atoms with Gasteiger partial charge in [0.2, 0.25) is 11.8 Å². The number of aromatic nitrogens is 4. The Bertz CT molecular complexity index is 2650. The highest BCUT2D eigenvalue weighted by Crippen LogP contribution is 2.37. The van der Waals surface area contributed by atoms with Gasteiger partial charge < -0.3 is 15.4 Å². The third kappa shape index (κ3) is 7.49. The fourth-order valence-electron chi connectivity index (χ4n) is 7.35. The van der Waals surface area contributed by atoms with Gasteiger partial charge in [0.1, 0.15) is 17.4 Å². The number of hydrogen-bond donors (Lipinski definition) is 3. The molecule has 0 spiro atoms. The minimum atomic E-state index is -0.488. The number of imide groups is 1. The molecule has 12 heteroatoms. The highest BCUT2D eigenvalue weighted by atomic mass is 16.5. The zero-order valence-electron chi connectivity index (χ0n) is 31.0. The van der Waals surface area contributed by atoms with Crippen LogP contribution >= 0.6 is 0 Å². The minimum Gasteiger partial charge on any atom is -0.381 e. The van der Waals surface area contributed by atoms with Gasteiger partial charge in [0.15, 0.2) is 0 Å². The van der Waals surface area contributed by atoms with E-state index in [0.717, 1.165) is 57.1 Å². The number of nitrogens with one attached hydrogen (secondary N) is 3. The van der Waals surface area contributed by atoms with Crippen LogP contribution in [0.15, 0.2) is 90.0 Å². The summed E-state index contributed by atoms with van der Waals surface area (Å²) in [6, 6.07) is 22.6. The molecule has 1 atom stereocenters. The molecule has 2 aromatic carbocycles. The normalized spacial score (nSPS) is 15.9. The largest absolute Gasteiger partial charge is 0.381 e. The Balaban J connectivity index is 0.980. The Hall–Kier alpha value is -6.71. The lowest BCUT2D eigenvalue weighted by Gasteiger charge is -2.23. The van der Waals surface area contributed by atoms with E-state index in [-0.39, 0.29) is 47.9 Å². The number of carbonyl (C=O) groups excluding carboxylic acids is 3. The first-order chi connectivity index (χ1) is 27.2. The van der Waals surface area contributed by atoms with E-state index in [9.17, 15) is 19.2 Å². The number of ether oxygens (including phenoxy) is 1. The van der Waals surface area contributed by atoms with E-state index in [1.54, 1.807) is 23.9 Å². The van der Waals surface area contributed by atoms with E-state index in [1.807, 2.05) is 61.7 Å². The first kappa shape index (κ1) is 36.3. The summed E-state index contributed by atoms with van der Waals surface area (Å²) in [5.74, 6) is 5.28. The van der Waals surface area contributed by atoms with Gasteiger partial charge in [-0.2, -0.15) is 0 Å². The van der Waals surface area contributed by atoms with Crippen molar-refractivity contribution < 1.29 is 19.1 Å². The van der Waals surface area contributed by atoms with Gasteiger partial charge in [0.25, 0.3) is 11.5 Å².